The number of nitrogens with two attached hydrogens (primary N) is 1. The zero-order valence-corrected chi connectivity index (χ0v) is 18.8. The minimum absolute atomic E-state index is 0. The zero-order valence-electron chi connectivity index (χ0n) is 17.1. The fraction of sp³-hybridized carbons (Fsp3) is 0.429. The summed E-state index contributed by atoms with van der Waals surface area (Å²) in [4.78, 5) is 16.7. The van der Waals surface area contributed by atoms with E-state index in [4.69, 9.17) is 19.9 Å². The van der Waals surface area contributed by atoms with E-state index in [2.05, 4.69) is 10.3 Å². The van der Waals surface area contributed by atoms with Gasteiger partial charge in [0.05, 0.1) is 14.2 Å². The van der Waals surface area contributed by atoms with Crippen molar-refractivity contribution in [1.82, 2.24) is 10.3 Å². The average molecular weight is 458 g/mol. The summed E-state index contributed by atoms with van der Waals surface area (Å²) in [7, 11) is 3.14. The Hall–Kier alpha value is -2.22. The van der Waals surface area contributed by atoms with Crippen LogP contribution in [0, 0.1) is 11.8 Å². The number of carbonyl (C=O) groups excluding carboxylic acids is 1. The van der Waals surface area contributed by atoms with Crippen molar-refractivity contribution in [3.05, 3.63) is 42.1 Å². The summed E-state index contributed by atoms with van der Waals surface area (Å²) in [6, 6.07) is 9.03. The molecule has 0 aliphatic heterocycles. The quantitative estimate of drug-likeness (QED) is 0.626. The zero-order chi connectivity index (χ0) is 19.9. The van der Waals surface area contributed by atoms with Gasteiger partial charge in [-0.2, -0.15) is 0 Å². The Labute approximate surface area is 189 Å². The Morgan fingerprint density at radius 1 is 1.13 bits per heavy atom. The highest BCUT2D eigenvalue weighted by Gasteiger charge is 2.31. The molecule has 2 atom stereocenters. The fourth-order valence-electron chi connectivity index (χ4n) is 3.58. The summed E-state index contributed by atoms with van der Waals surface area (Å²) in [6.07, 6.45) is 4.71. The molecule has 1 aliphatic rings. The van der Waals surface area contributed by atoms with Gasteiger partial charge in [-0.25, -0.2) is 4.98 Å². The topological polar surface area (TPSA) is 95.7 Å². The normalized spacial score (nSPS) is 17.3. The third-order valence-electron chi connectivity index (χ3n) is 5.15. The molecule has 3 rings (SSSR count). The molecule has 1 aromatic heterocycles. The number of carbonyl (C=O) groups is 1. The van der Waals surface area contributed by atoms with E-state index in [0.29, 0.717) is 42.1 Å². The molecule has 1 saturated carbocycles. The van der Waals surface area contributed by atoms with Gasteiger partial charge in [-0.3, -0.25) is 4.79 Å². The van der Waals surface area contributed by atoms with Gasteiger partial charge in [-0.1, -0.05) is 18.6 Å². The van der Waals surface area contributed by atoms with Crippen LogP contribution in [0.25, 0.3) is 0 Å². The van der Waals surface area contributed by atoms with E-state index in [9.17, 15) is 4.79 Å². The van der Waals surface area contributed by atoms with E-state index < -0.39 is 0 Å². The van der Waals surface area contributed by atoms with Crippen LogP contribution in [0.1, 0.15) is 24.8 Å². The highest BCUT2D eigenvalue weighted by Crippen LogP contribution is 2.39. The van der Waals surface area contributed by atoms with Gasteiger partial charge in [0.15, 0.2) is 11.5 Å². The highest BCUT2D eigenvalue weighted by molar-refractivity contribution is 5.85. The molecule has 1 fully saturated rings. The average Bonchev–Trinajstić information content (AvgIpc) is 3.22. The predicted octanol–water partition coefficient (Wildman–Crippen LogP) is 3.73. The molecule has 1 amide bonds. The number of ether oxygens (including phenoxy) is 3. The first-order valence-electron chi connectivity index (χ1n) is 9.47. The van der Waals surface area contributed by atoms with Crippen LogP contribution >= 0.6 is 24.8 Å². The number of para-hydroxylation sites is 1. The summed E-state index contributed by atoms with van der Waals surface area (Å²) in [5.74, 6) is 2.40. The first-order chi connectivity index (χ1) is 13.7. The van der Waals surface area contributed by atoms with Gasteiger partial charge in [0.25, 0.3) is 0 Å². The summed E-state index contributed by atoms with van der Waals surface area (Å²) in [5.41, 5.74) is 6.67. The largest absolute Gasteiger partial charge is 0.493 e. The molecule has 0 unspecified atom stereocenters. The Bertz CT molecular complexity index is 783. The first-order valence-corrected chi connectivity index (χ1v) is 9.47. The van der Waals surface area contributed by atoms with Gasteiger partial charge in [0, 0.05) is 24.7 Å². The molecular weight excluding hydrogens is 429 g/mol. The Kier molecular flexibility index (Phi) is 10.7. The van der Waals surface area contributed by atoms with Crippen LogP contribution in [0.15, 0.2) is 36.5 Å². The minimum atomic E-state index is 0. The molecule has 0 bridgehead atoms. The van der Waals surface area contributed by atoms with Crippen LogP contribution in [-0.2, 0) is 11.3 Å². The number of halogens is 2. The number of aromatic nitrogens is 1. The second-order valence-corrected chi connectivity index (χ2v) is 6.85. The first kappa shape index (κ1) is 25.8. The molecule has 30 heavy (non-hydrogen) atoms. The summed E-state index contributed by atoms with van der Waals surface area (Å²) in [5, 5.41) is 3.00. The molecule has 9 heteroatoms. The molecule has 3 N–H and O–H groups in total. The Balaban J connectivity index is 0.00000225. The molecule has 0 saturated heterocycles. The lowest BCUT2D eigenvalue weighted by Gasteiger charge is -2.17. The van der Waals surface area contributed by atoms with Crippen LogP contribution in [0.5, 0.6) is 23.1 Å². The van der Waals surface area contributed by atoms with Crippen LogP contribution in [0.3, 0.4) is 0 Å². The van der Waals surface area contributed by atoms with Crippen molar-refractivity contribution in [2.45, 2.75) is 25.8 Å². The van der Waals surface area contributed by atoms with E-state index in [0.717, 1.165) is 24.8 Å². The van der Waals surface area contributed by atoms with Gasteiger partial charge in [0.2, 0.25) is 17.5 Å². The molecule has 166 valence electrons. The second-order valence-electron chi connectivity index (χ2n) is 6.85. The third-order valence-corrected chi connectivity index (χ3v) is 5.15. The monoisotopic (exact) mass is 457 g/mol. The molecule has 2 aromatic rings. The van der Waals surface area contributed by atoms with Crippen LogP contribution in [0.2, 0.25) is 0 Å². The lowest BCUT2D eigenvalue weighted by Crippen LogP contribution is -2.34. The van der Waals surface area contributed by atoms with Gasteiger partial charge in [-0.15, -0.1) is 24.8 Å². The number of nitrogens with zero attached hydrogens (tertiary/aromatic N) is 1. The van der Waals surface area contributed by atoms with Crippen molar-refractivity contribution >= 4 is 30.7 Å². The van der Waals surface area contributed by atoms with Crippen molar-refractivity contribution < 1.29 is 19.0 Å². The number of pyridine rings is 1. The number of rotatable bonds is 8. The van der Waals surface area contributed by atoms with E-state index >= 15 is 0 Å². The van der Waals surface area contributed by atoms with Crippen molar-refractivity contribution in [1.29, 1.82) is 0 Å². The lowest BCUT2D eigenvalue weighted by atomic mass is 9.95. The number of hydrogen-bond donors (Lipinski definition) is 2. The Morgan fingerprint density at radius 2 is 1.83 bits per heavy atom. The van der Waals surface area contributed by atoms with Crippen molar-refractivity contribution in [3.8, 4) is 23.1 Å². The predicted molar refractivity (Wildman–Crippen MR) is 120 cm³/mol. The number of nitrogens with one attached hydrogen (secondary N) is 1. The summed E-state index contributed by atoms with van der Waals surface area (Å²) < 4.78 is 16.5. The van der Waals surface area contributed by atoms with Crippen molar-refractivity contribution in [3.63, 3.8) is 0 Å². The fourth-order valence-corrected chi connectivity index (χ4v) is 3.58. The number of amides is 1. The molecule has 7 nitrogen and oxygen atoms in total. The molecular formula is C21H29Cl2N3O4. The molecule has 0 radical (unpaired) electrons. The number of methoxy groups -OCH3 is 2. The van der Waals surface area contributed by atoms with Crippen LogP contribution in [-0.4, -0.2) is 31.7 Å². The van der Waals surface area contributed by atoms with E-state index in [1.54, 1.807) is 38.6 Å². The van der Waals surface area contributed by atoms with E-state index in [1.807, 2.05) is 12.1 Å². The molecule has 0 spiro atoms. The van der Waals surface area contributed by atoms with Gasteiger partial charge >= 0.3 is 0 Å². The van der Waals surface area contributed by atoms with Crippen LogP contribution in [0.4, 0.5) is 0 Å². The summed E-state index contributed by atoms with van der Waals surface area (Å²) in [6.45, 7) is 0.996. The Morgan fingerprint density at radius 3 is 2.40 bits per heavy atom. The molecule has 1 heterocycles. The van der Waals surface area contributed by atoms with Gasteiger partial charge in [0.1, 0.15) is 0 Å². The molecule has 1 aliphatic carbocycles. The SMILES string of the molecule is COc1cccc(OC)c1Oc1ccc(CNC(=O)[C@@H]2CCC[C@@H]2CN)cn1.Cl.Cl. The van der Waals surface area contributed by atoms with E-state index in [1.165, 1.54) is 0 Å². The van der Waals surface area contributed by atoms with Crippen molar-refractivity contribution in [2.24, 2.45) is 17.6 Å². The molecule has 1 aromatic carbocycles. The number of benzene rings is 1. The maximum Gasteiger partial charge on any atom is 0.223 e. The van der Waals surface area contributed by atoms with E-state index in [-0.39, 0.29) is 36.6 Å². The maximum atomic E-state index is 12.4. The smallest absolute Gasteiger partial charge is 0.223 e. The van der Waals surface area contributed by atoms with Crippen LogP contribution < -0.4 is 25.3 Å². The maximum absolute atomic E-state index is 12.4. The van der Waals surface area contributed by atoms with Crippen molar-refractivity contribution in [2.75, 3.05) is 20.8 Å². The summed E-state index contributed by atoms with van der Waals surface area (Å²) >= 11 is 0. The number of hydrogen-bond acceptors (Lipinski definition) is 6. The lowest BCUT2D eigenvalue weighted by molar-refractivity contribution is -0.126. The van der Waals surface area contributed by atoms with Gasteiger partial charge < -0.3 is 25.3 Å². The minimum Gasteiger partial charge on any atom is -0.493 e. The second kappa shape index (κ2) is 12.5. The highest BCUT2D eigenvalue weighted by atomic mass is 35.5. The standard InChI is InChI=1S/C21H27N3O4.2ClH/c1-26-17-7-4-8-18(27-2)20(17)28-19-10-9-14(12-23-19)13-24-21(25)16-6-3-5-15(16)11-22;;/h4,7-10,12,15-16H,3,5-6,11,13,22H2,1-2H3,(H,24,25);2*1H/t15-,16-;;/m1../s1. The third kappa shape index (κ3) is 6.14. The van der Waals surface area contributed by atoms with Gasteiger partial charge in [-0.05, 0) is 43.0 Å².